The minimum atomic E-state index is -0.243. The molecule has 3 atom stereocenters. The summed E-state index contributed by atoms with van der Waals surface area (Å²) in [6.45, 7) is 15.3. The molecule has 1 N–H and O–H groups in total. The van der Waals surface area contributed by atoms with Gasteiger partial charge in [-0.15, -0.1) is 0 Å². The standard InChI is InChI=1S/C32H46O2/c1-8-13-22(5)27-19-18-25(11-4)20-26(27)21-30(33)32(34)31-28(23(6)14-9-2)16-12-17-29(31)24(7)15-10-3/h12,16-24,33H,8-11,13-15H2,1-7H3. The summed E-state index contributed by atoms with van der Waals surface area (Å²) >= 11 is 0. The molecule has 2 nitrogen and oxygen atoms in total. The molecule has 3 unspecified atom stereocenters. The van der Waals surface area contributed by atoms with Crippen molar-refractivity contribution in [1.29, 1.82) is 0 Å². The van der Waals surface area contributed by atoms with E-state index in [-0.39, 0.29) is 23.4 Å². The van der Waals surface area contributed by atoms with Gasteiger partial charge in [0.05, 0.1) is 0 Å². The number of carbonyl (C=O) groups is 1. The Morgan fingerprint density at radius 1 is 0.794 bits per heavy atom. The summed E-state index contributed by atoms with van der Waals surface area (Å²) in [6.07, 6.45) is 9.00. The van der Waals surface area contributed by atoms with Gasteiger partial charge in [0.25, 0.3) is 0 Å². The van der Waals surface area contributed by atoms with E-state index in [1.165, 1.54) is 11.1 Å². The van der Waals surface area contributed by atoms with Crippen LogP contribution < -0.4 is 0 Å². The van der Waals surface area contributed by atoms with Crippen LogP contribution in [0, 0.1) is 0 Å². The van der Waals surface area contributed by atoms with Crippen LogP contribution in [-0.4, -0.2) is 10.9 Å². The molecule has 0 aliphatic heterocycles. The lowest BCUT2D eigenvalue weighted by atomic mass is 9.82. The number of aliphatic hydroxyl groups is 1. The lowest BCUT2D eigenvalue weighted by Gasteiger charge is -2.22. The summed E-state index contributed by atoms with van der Waals surface area (Å²) in [6, 6.07) is 12.7. The van der Waals surface area contributed by atoms with E-state index in [1.807, 2.05) is 0 Å². The second-order valence-corrected chi connectivity index (χ2v) is 10.1. The Labute approximate surface area is 208 Å². The maximum Gasteiger partial charge on any atom is 0.227 e. The van der Waals surface area contributed by atoms with E-state index in [4.69, 9.17) is 0 Å². The molecule has 0 heterocycles. The van der Waals surface area contributed by atoms with E-state index in [0.717, 1.165) is 61.6 Å². The van der Waals surface area contributed by atoms with Crippen LogP contribution in [0.25, 0.3) is 6.08 Å². The summed E-state index contributed by atoms with van der Waals surface area (Å²) in [5.74, 6) is 0.525. The summed E-state index contributed by atoms with van der Waals surface area (Å²) in [5, 5.41) is 11.2. The number of aryl methyl sites for hydroxylation is 1. The lowest BCUT2D eigenvalue weighted by molar-refractivity contribution is 0.0977. The van der Waals surface area contributed by atoms with Gasteiger partial charge >= 0.3 is 0 Å². The monoisotopic (exact) mass is 462 g/mol. The molecule has 0 radical (unpaired) electrons. The molecule has 186 valence electrons. The average Bonchev–Trinajstić information content (AvgIpc) is 2.83. The van der Waals surface area contributed by atoms with Crippen molar-refractivity contribution in [1.82, 2.24) is 0 Å². The Hall–Kier alpha value is -2.35. The first-order chi connectivity index (χ1) is 16.3. The highest BCUT2D eigenvalue weighted by atomic mass is 16.3. The van der Waals surface area contributed by atoms with Crippen molar-refractivity contribution in [3.8, 4) is 0 Å². The Morgan fingerprint density at radius 3 is 1.76 bits per heavy atom. The first-order valence-electron chi connectivity index (χ1n) is 13.5. The van der Waals surface area contributed by atoms with Gasteiger partial charge in [0.2, 0.25) is 5.78 Å². The Kier molecular flexibility index (Phi) is 11.1. The van der Waals surface area contributed by atoms with Gasteiger partial charge in [-0.2, -0.15) is 0 Å². The van der Waals surface area contributed by atoms with Crippen molar-refractivity contribution in [2.24, 2.45) is 0 Å². The third-order valence-electron chi connectivity index (χ3n) is 7.20. The fourth-order valence-corrected chi connectivity index (χ4v) is 5.20. The molecule has 0 saturated carbocycles. The zero-order valence-corrected chi connectivity index (χ0v) is 22.6. The molecule has 2 aromatic carbocycles. The number of hydrogen-bond acceptors (Lipinski definition) is 2. The second kappa shape index (κ2) is 13.5. The quantitative estimate of drug-likeness (QED) is 0.183. The van der Waals surface area contributed by atoms with Gasteiger partial charge in [-0.3, -0.25) is 4.79 Å². The molecule has 0 spiro atoms. The van der Waals surface area contributed by atoms with Crippen LogP contribution in [0.3, 0.4) is 0 Å². The topological polar surface area (TPSA) is 37.3 Å². The summed E-state index contributed by atoms with van der Waals surface area (Å²) in [5.41, 5.74) is 6.23. The predicted molar refractivity (Wildman–Crippen MR) is 147 cm³/mol. The molecule has 0 aliphatic carbocycles. The van der Waals surface area contributed by atoms with Crippen molar-refractivity contribution >= 4 is 11.9 Å². The number of aliphatic hydroxyl groups excluding tert-OH is 1. The predicted octanol–water partition coefficient (Wildman–Crippen LogP) is 9.74. The van der Waals surface area contributed by atoms with Crippen LogP contribution >= 0.6 is 0 Å². The smallest absolute Gasteiger partial charge is 0.227 e. The SMILES string of the molecule is CCCC(C)c1ccc(CC)cc1C=C(O)C(=O)c1c(C(C)CCC)cccc1C(C)CCC. The largest absolute Gasteiger partial charge is 0.504 e. The number of Topliss-reactive ketones (excluding diaryl/α,β-unsaturated/α-hetero) is 1. The lowest BCUT2D eigenvalue weighted by Crippen LogP contribution is -2.14. The zero-order chi connectivity index (χ0) is 25.3. The number of rotatable bonds is 13. The number of benzene rings is 2. The van der Waals surface area contributed by atoms with Crippen molar-refractivity contribution < 1.29 is 9.90 Å². The first-order valence-corrected chi connectivity index (χ1v) is 13.5. The van der Waals surface area contributed by atoms with Crippen LogP contribution in [0.1, 0.15) is 143 Å². The normalized spacial score (nSPS) is 14.6. The molecule has 0 aromatic heterocycles. The van der Waals surface area contributed by atoms with Crippen LogP contribution in [0.2, 0.25) is 0 Å². The number of hydrogen-bond donors (Lipinski definition) is 1. The van der Waals surface area contributed by atoms with E-state index in [0.29, 0.717) is 11.5 Å². The average molecular weight is 463 g/mol. The minimum absolute atomic E-state index is 0.153. The van der Waals surface area contributed by atoms with Gasteiger partial charge in [-0.1, -0.05) is 104 Å². The Balaban J connectivity index is 2.62. The maximum atomic E-state index is 13.9. The van der Waals surface area contributed by atoms with E-state index in [2.05, 4.69) is 84.9 Å². The minimum Gasteiger partial charge on any atom is -0.504 e. The van der Waals surface area contributed by atoms with Crippen LogP contribution in [-0.2, 0) is 6.42 Å². The van der Waals surface area contributed by atoms with Gasteiger partial charge in [0.15, 0.2) is 5.76 Å². The van der Waals surface area contributed by atoms with Crippen LogP contribution in [0.4, 0.5) is 0 Å². The highest BCUT2D eigenvalue weighted by Gasteiger charge is 2.25. The molecule has 0 aliphatic rings. The van der Waals surface area contributed by atoms with Gasteiger partial charge in [0, 0.05) is 5.56 Å². The van der Waals surface area contributed by atoms with Crippen LogP contribution in [0.15, 0.2) is 42.2 Å². The van der Waals surface area contributed by atoms with Crippen LogP contribution in [0.5, 0.6) is 0 Å². The summed E-state index contributed by atoms with van der Waals surface area (Å²) in [4.78, 5) is 13.9. The van der Waals surface area contributed by atoms with Gasteiger partial charge in [-0.05, 0) is 77.3 Å². The molecule has 0 bridgehead atoms. The highest BCUT2D eigenvalue weighted by Crippen LogP contribution is 2.34. The van der Waals surface area contributed by atoms with E-state index >= 15 is 0 Å². The van der Waals surface area contributed by atoms with Crippen molar-refractivity contribution in [2.45, 2.75) is 111 Å². The van der Waals surface area contributed by atoms with E-state index in [1.54, 1.807) is 6.08 Å². The summed E-state index contributed by atoms with van der Waals surface area (Å²) < 4.78 is 0. The molecule has 2 rings (SSSR count). The third-order valence-corrected chi connectivity index (χ3v) is 7.20. The molecular weight excluding hydrogens is 416 g/mol. The molecule has 2 aromatic rings. The number of ketones is 1. The third kappa shape index (κ3) is 6.84. The fraction of sp³-hybridized carbons (Fsp3) is 0.531. The van der Waals surface area contributed by atoms with Crippen molar-refractivity contribution in [3.63, 3.8) is 0 Å². The molecule has 34 heavy (non-hydrogen) atoms. The molecular formula is C32H46O2. The summed E-state index contributed by atoms with van der Waals surface area (Å²) in [7, 11) is 0. The molecule has 2 heteroatoms. The molecule has 0 fully saturated rings. The molecule has 0 amide bonds. The highest BCUT2D eigenvalue weighted by molar-refractivity contribution is 6.11. The van der Waals surface area contributed by atoms with Gasteiger partial charge < -0.3 is 5.11 Å². The van der Waals surface area contributed by atoms with Gasteiger partial charge in [0.1, 0.15) is 0 Å². The number of carbonyl (C=O) groups excluding carboxylic acids is 1. The Morgan fingerprint density at radius 2 is 1.29 bits per heavy atom. The van der Waals surface area contributed by atoms with Gasteiger partial charge in [-0.25, -0.2) is 0 Å². The number of allylic oxidation sites excluding steroid dienone is 1. The van der Waals surface area contributed by atoms with Crippen molar-refractivity contribution in [2.75, 3.05) is 0 Å². The van der Waals surface area contributed by atoms with E-state index < -0.39 is 0 Å². The van der Waals surface area contributed by atoms with E-state index in [9.17, 15) is 9.90 Å². The second-order valence-electron chi connectivity index (χ2n) is 10.1. The first kappa shape index (κ1) is 27.9. The fourth-order valence-electron chi connectivity index (χ4n) is 5.20. The Bertz CT molecular complexity index is 939. The van der Waals surface area contributed by atoms with Crippen molar-refractivity contribution in [3.05, 3.63) is 75.5 Å². The maximum absolute atomic E-state index is 13.9. The zero-order valence-electron chi connectivity index (χ0n) is 22.6. The molecule has 0 saturated heterocycles.